The van der Waals surface area contributed by atoms with Crippen molar-refractivity contribution in [1.82, 2.24) is 0 Å². The van der Waals surface area contributed by atoms with E-state index in [0.29, 0.717) is 25.3 Å². The van der Waals surface area contributed by atoms with Gasteiger partial charge in [-0.2, -0.15) is 0 Å². The van der Waals surface area contributed by atoms with Crippen LogP contribution in [-0.4, -0.2) is 27.0 Å². The van der Waals surface area contributed by atoms with E-state index < -0.39 is 0 Å². The molecule has 0 spiro atoms. The van der Waals surface area contributed by atoms with Gasteiger partial charge in [0.2, 0.25) is 0 Å². The molecule has 126 valence electrons. The van der Waals surface area contributed by atoms with Crippen LogP contribution < -0.4 is 4.46 Å². The van der Waals surface area contributed by atoms with Crippen molar-refractivity contribution < 1.29 is 9.53 Å². The molecule has 0 aromatic heterocycles. The summed E-state index contributed by atoms with van der Waals surface area (Å²) in [6, 6.07) is 18.4. The van der Waals surface area contributed by atoms with E-state index in [1.807, 2.05) is 24.3 Å². The first kappa shape index (κ1) is 17.3. The van der Waals surface area contributed by atoms with Gasteiger partial charge in [-0.3, -0.25) is 0 Å². The van der Waals surface area contributed by atoms with Gasteiger partial charge < -0.3 is 0 Å². The molecule has 1 aliphatic carbocycles. The van der Waals surface area contributed by atoms with Gasteiger partial charge in [-0.25, -0.2) is 0 Å². The van der Waals surface area contributed by atoms with Crippen LogP contribution >= 0.6 is 0 Å². The molecule has 0 saturated heterocycles. The zero-order chi connectivity index (χ0) is 16.8. The van der Waals surface area contributed by atoms with Crippen LogP contribution in [0.15, 0.2) is 54.6 Å². The summed E-state index contributed by atoms with van der Waals surface area (Å²) >= 11 is 0.360. The summed E-state index contributed by atoms with van der Waals surface area (Å²) in [5.41, 5.74) is 1.92. The summed E-state index contributed by atoms with van der Waals surface area (Å²) < 4.78 is 7.31. The van der Waals surface area contributed by atoms with E-state index >= 15 is 0 Å². The Bertz CT molecular complexity index is 651. The van der Waals surface area contributed by atoms with Crippen molar-refractivity contribution in [2.24, 2.45) is 0 Å². The molecule has 3 heteroatoms. The maximum atomic E-state index is 12.5. The van der Waals surface area contributed by atoms with Crippen LogP contribution in [0.1, 0.15) is 48.5 Å². The van der Waals surface area contributed by atoms with Gasteiger partial charge in [0.1, 0.15) is 0 Å². The fraction of sp³-hybridized carbons (Fsp3) is 0.381. The van der Waals surface area contributed by atoms with E-state index in [2.05, 4.69) is 37.3 Å². The van der Waals surface area contributed by atoms with Gasteiger partial charge in [0.05, 0.1) is 0 Å². The van der Waals surface area contributed by atoms with Crippen molar-refractivity contribution in [3.05, 3.63) is 65.7 Å². The molecule has 2 aromatic carbocycles. The normalized spacial score (nSPS) is 20.5. The zero-order valence-corrected chi connectivity index (χ0v) is 15.8. The van der Waals surface area contributed by atoms with Crippen molar-refractivity contribution in [2.45, 2.75) is 49.9 Å². The van der Waals surface area contributed by atoms with Crippen molar-refractivity contribution in [3.63, 3.8) is 0 Å². The van der Waals surface area contributed by atoms with Gasteiger partial charge in [0, 0.05) is 0 Å². The number of ether oxygens (including phenoxy) is 1. The van der Waals surface area contributed by atoms with E-state index in [4.69, 9.17) is 4.74 Å². The topological polar surface area (TPSA) is 26.3 Å². The molecule has 0 N–H and O–H groups in total. The number of hydrogen-bond acceptors (Lipinski definition) is 2. The Morgan fingerprint density at radius 1 is 1.04 bits per heavy atom. The SMILES string of the molecule is CCc1ccc(C(=O)OC2CCCCC2[Se]c2ccccc2)cc1. The molecule has 2 unspecified atom stereocenters. The van der Waals surface area contributed by atoms with Crippen LogP contribution in [0.4, 0.5) is 0 Å². The first-order valence-electron chi connectivity index (χ1n) is 8.78. The Morgan fingerprint density at radius 2 is 1.75 bits per heavy atom. The summed E-state index contributed by atoms with van der Waals surface area (Å²) in [7, 11) is 0. The average Bonchev–Trinajstić information content (AvgIpc) is 2.64. The van der Waals surface area contributed by atoms with Crippen molar-refractivity contribution in [2.75, 3.05) is 0 Å². The number of aryl methyl sites for hydroxylation is 1. The molecular formula is C21H24O2Se. The van der Waals surface area contributed by atoms with Crippen LogP contribution in [-0.2, 0) is 11.2 Å². The number of rotatable bonds is 5. The Hall–Kier alpha value is -1.57. The first-order chi connectivity index (χ1) is 11.8. The monoisotopic (exact) mass is 388 g/mol. The molecular weight excluding hydrogens is 363 g/mol. The predicted molar refractivity (Wildman–Crippen MR) is 99.1 cm³/mol. The van der Waals surface area contributed by atoms with Crippen LogP contribution in [0.2, 0.25) is 4.82 Å². The molecule has 0 amide bonds. The number of benzene rings is 2. The molecule has 1 saturated carbocycles. The van der Waals surface area contributed by atoms with Gasteiger partial charge in [0.25, 0.3) is 0 Å². The Morgan fingerprint density at radius 3 is 2.46 bits per heavy atom. The molecule has 2 nitrogen and oxygen atoms in total. The summed E-state index contributed by atoms with van der Waals surface area (Å²) in [5.74, 6) is -0.168. The van der Waals surface area contributed by atoms with Gasteiger partial charge in [0.15, 0.2) is 0 Å². The summed E-state index contributed by atoms with van der Waals surface area (Å²) in [6.45, 7) is 2.12. The molecule has 2 atom stereocenters. The van der Waals surface area contributed by atoms with Crippen molar-refractivity contribution >= 4 is 25.4 Å². The number of hydrogen-bond donors (Lipinski definition) is 0. The van der Waals surface area contributed by atoms with Gasteiger partial charge in [-0.15, -0.1) is 0 Å². The third-order valence-electron chi connectivity index (χ3n) is 4.53. The van der Waals surface area contributed by atoms with E-state index in [1.165, 1.54) is 22.9 Å². The second kappa shape index (κ2) is 8.50. The standard InChI is InChI=1S/C21H24O2Se/c1-2-16-12-14-17(15-13-16)21(22)23-19-10-6-7-11-20(19)24-18-8-4-3-5-9-18/h3-5,8-9,12-15,19-20H,2,6-7,10-11H2,1H3. The molecule has 0 radical (unpaired) electrons. The quantitative estimate of drug-likeness (QED) is 0.569. The molecule has 0 bridgehead atoms. The number of carbonyl (C=O) groups is 1. The second-order valence-electron chi connectivity index (χ2n) is 6.25. The second-order valence-corrected chi connectivity index (χ2v) is 9.00. The van der Waals surface area contributed by atoms with E-state index in [-0.39, 0.29) is 12.1 Å². The van der Waals surface area contributed by atoms with Crippen molar-refractivity contribution in [1.29, 1.82) is 0 Å². The molecule has 0 heterocycles. The van der Waals surface area contributed by atoms with Crippen LogP contribution in [0.3, 0.4) is 0 Å². The average molecular weight is 387 g/mol. The predicted octanol–water partition coefficient (Wildman–Crippen LogP) is 4.17. The summed E-state index contributed by atoms with van der Waals surface area (Å²) in [6.07, 6.45) is 5.63. The molecule has 0 aliphatic heterocycles. The Kier molecular flexibility index (Phi) is 6.12. The fourth-order valence-electron chi connectivity index (χ4n) is 3.09. The minimum atomic E-state index is -0.168. The van der Waals surface area contributed by atoms with Gasteiger partial charge >= 0.3 is 151 Å². The molecule has 3 rings (SSSR count). The molecule has 1 aliphatic rings. The van der Waals surface area contributed by atoms with Crippen LogP contribution in [0.25, 0.3) is 0 Å². The summed E-state index contributed by atoms with van der Waals surface area (Å²) in [4.78, 5) is 13.0. The number of esters is 1. The minimum absolute atomic E-state index is 0.0670. The van der Waals surface area contributed by atoms with Gasteiger partial charge in [-0.05, 0) is 0 Å². The maximum absolute atomic E-state index is 12.5. The third kappa shape index (κ3) is 4.49. The molecule has 1 fully saturated rings. The van der Waals surface area contributed by atoms with Gasteiger partial charge in [-0.1, -0.05) is 0 Å². The van der Waals surface area contributed by atoms with E-state index in [1.54, 1.807) is 0 Å². The van der Waals surface area contributed by atoms with Crippen molar-refractivity contribution in [3.8, 4) is 0 Å². The van der Waals surface area contributed by atoms with E-state index in [0.717, 1.165) is 19.3 Å². The molecule has 24 heavy (non-hydrogen) atoms. The first-order valence-corrected chi connectivity index (χ1v) is 10.6. The van der Waals surface area contributed by atoms with E-state index in [9.17, 15) is 4.79 Å². The number of carbonyl (C=O) groups excluding carboxylic acids is 1. The summed E-state index contributed by atoms with van der Waals surface area (Å²) in [5, 5.41) is 0. The van der Waals surface area contributed by atoms with Crippen LogP contribution in [0.5, 0.6) is 0 Å². The third-order valence-corrected chi connectivity index (χ3v) is 7.44. The zero-order valence-electron chi connectivity index (χ0n) is 14.1. The fourth-order valence-corrected chi connectivity index (χ4v) is 5.80. The molecule has 2 aromatic rings. The Balaban J connectivity index is 1.65. The van der Waals surface area contributed by atoms with Crippen LogP contribution in [0, 0.1) is 0 Å². The Labute approximate surface area is 150 Å².